The fraction of sp³-hybridized carbons (Fsp3) is 0.556. The Hall–Kier alpha value is -1.30. The number of amides is 2. The van der Waals surface area contributed by atoms with E-state index in [9.17, 15) is 9.59 Å². The molecule has 0 bridgehead atoms. The van der Waals surface area contributed by atoms with Crippen molar-refractivity contribution in [3.63, 3.8) is 0 Å². The van der Waals surface area contributed by atoms with Crippen molar-refractivity contribution in [3.8, 4) is 0 Å². The zero-order chi connectivity index (χ0) is 18.4. The molecule has 2 rings (SSSR count). The van der Waals surface area contributed by atoms with Crippen LogP contribution in [0.2, 0.25) is 10.0 Å². The number of halogens is 2. The third kappa shape index (κ3) is 5.87. The molecule has 25 heavy (non-hydrogen) atoms. The molecular formula is C18H25Cl2N3O2. The highest BCUT2D eigenvalue weighted by molar-refractivity contribution is 6.42. The molecule has 0 saturated carbocycles. The SMILES string of the molecule is CN(C)CCCNC(=O)C1CCN(C(=O)c2ccc(Cl)c(Cl)c2)CC1. The van der Waals surface area contributed by atoms with Gasteiger partial charge < -0.3 is 15.1 Å². The first-order valence-electron chi connectivity index (χ1n) is 8.55. The van der Waals surface area contributed by atoms with E-state index in [-0.39, 0.29) is 17.7 Å². The second-order valence-electron chi connectivity index (χ2n) is 6.64. The van der Waals surface area contributed by atoms with E-state index < -0.39 is 0 Å². The number of carbonyl (C=O) groups is 2. The van der Waals surface area contributed by atoms with Crippen molar-refractivity contribution in [1.82, 2.24) is 15.1 Å². The molecule has 0 radical (unpaired) electrons. The maximum absolute atomic E-state index is 12.5. The molecule has 2 amide bonds. The smallest absolute Gasteiger partial charge is 0.253 e. The Morgan fingerprint density at radius 2 is 1.88 bits per heavy atom. The first kappa shape index (κ1) is 20.0. The number of rotatable bonds is 6. The van der Waals surface area contributed by atoms with E-state index in [2.05, 4.69) is 10.2 Å². The third-order valence-corrected chi connectivity index (χ3v) is 5.14. The van der Waals surface area contributed by atoms with E-state index in [0.717, 1.165) is 13.0 Å². The van der Waals surface area contributed by atoms with Crippen molar-refractivity contribution in [1.29, 1.82) is 0 Å². The van der Waals surface area contributed by atoms with E-state index in [1.165, 1.54) is 0 Å². The van der Waals surface area contributed by atoms with Crippen molar-refractivity contribution in [2.75, 3.05) is 40.3 Å². The van der Waals surface area contributed by atoms with Crippen LogP contribution in [0.15, 0.2) is 18.2 Å². The molecule has 0 aromatic heterocycles. The number of piperidine rings is 1. The molecule has 5 nitrogen and oxygen atoms in total. The van der Waals surface area contributed by atoms with E-state index in [1.54, 1.807) is 23.1 Å². The summed E-state index contributed by atoms with van der Waals surface area (Å²) in [6, 6.07) is 4.90. The van der Waals surface area contributed by atoms with Crippen molar-refractivity contribution in [2.45, 2.75) is 19.3 Å². The lowest BCUT2D eigenvalue weighted by Crippen LogP contribution is -2.43. The fourth-order valence-corrected chi connectivity index (χ4v) is 3.21. The molecule has 0 atom stereocenters. The van der Waals surface area contributed by atoms with E-state index >= 15 is 0 Å². The number of hydrogen-bond acceptors (Lipinski definition) is 3. The maximum atomic E-state index is 12.5. The highest BCUT2D eigenvalue weighted by Crippen LogP contribution is 2.25. The van der Waals surface area contributed by atoms with Gasteiger partial charge in [0.05, 0.1) is 10.0 Å². The topological polar surface area (TPSA) is 52.7 Å². The van der Waals surface area contributed by atoms with Crippen LogP contribution >= 0.6 is 23.2 Å². The first-order chi connectivity index (χ1) is 11.9. The van der Waals surface area contributed by atoms with Gasteiger partial charge in [0.2, 0.25) is 5.91 Å². The van der Waals surface area contributed by atoms with Gasteiger partial charge >= 0.3 is 0 Å². The Morgan fingerprint density at radius 1 is 1.20 bits per heavy atom. The summed E-state index contributed by atoms with van der Waals surface area (Å²) in [6.45, 7) is 2.81. The third-order valence-electron chi connectivity index (χ3n) is 4.40. The van der Waals surface area contributed by atoms with Crippen molar-refractivity contribution < 1.29 is 9.59 Å². The van der Waals surface area contributed by atoms with Crippen LogP contribution in [-0.2, 0) is 4.79 Å². The van der Waals surface area contributed by atoms with E-state index in [4.69, 9.17) is 23.2 Å². The van der Waals surface area contributed by atoms with Gasteiger partial charge in [-0.2, -0.15) is 0 Å². The summed E-state index contributed by atoms with van der Waals surface area (Å²) in [4.78, 5) is 28.6. The predicted molar refractivity (Wildman–Crippen MR) is 101 cm³/mol. The summed E-state index contributed by atoms with van der Waals surface area (Å²) in [7, 11) is 4.03. The number of nitrogens with zero attached hydrogens (tertiary/aromatic N) is 2. The largest absolute Gasteiger partial charge is 0.356 e. The lowest BCUT2D eigenvalue weighted by Gasteiger charge is -2.31. The minimum absolute atomic E-state index is 0.0165. The number of benzene rings is 1. The average Bonchev–Trinajstić information content (AvgIpc) is 2.60. The number of hydrogen-bond donors (Lipinski definition) is 1. The second kappa shape index (κ2) is 9.41. The van der Waals surface area contributed by atoms with Crippen LogP contribution in [0.1, 0.15) is 29.6 Å². The highest BCUT2D eigenvalue weighted by Gasteiger charge is 2.27. The van der Waals surface area contributed by atoms with Gasteiger partial charge in [0.15, 0.2) is 0 Å². The molecule has 1 N–H and O–H groups in total. The van der Waals surface area contributed by atoms with Gasteiger partial charge in [-0.05, 0) is 58.1 Å². The molecule has 1 heterocycles. The quantitative estimate of drug-likeness (QED) is 0.765. The number of likely N-dealkylation sites (tertiary alicyclic amines) is 1. The average molecular weight is 386 g/mol. The molecule has 7 heteroatoms. The summed E-state index contributed by atoms with van der Waals surface area (Å²) in [5, 5.41) is 3.80. The van der Waals surface area contributed by atoms with Gasteiger partial charge in [-0.3, -0.25) is 9.59 Å². The van der Waals surface area contributed by atoms with Gasteiger partial charge in [-0.25, -0.2) is 0 Å². The number of nitrogens with one attached hydrogen (secondary N) is 1. The summed E-state index contributed by atoms with van der Waals surface area (Å²) >= 11 is 11.9. The summed E-state index contributed by atoms with van der Waals surface area (Å²) in [5.41, 5.74) is 0.529. The molecule has 1 saturated heterocycles. The molecule has 0 spiro atoms. The van der Waals surface area contributed by atoms with Crippen LogP contribution in [-0.4, -0.2) is 61.9 Å². The second-order valence-corrected chi connectivity index (χ2v) is 7.46. The van der Waals surface area contributed by atoms with Gasteiger partial charge in [-0.1, -0.05) is 23.2 Å². The van der Waals surface area contributed by atoms with Gasteiger partial charge in [0, 0.05) is 31.1 Å². The number of carbonyl (C=O) groups excluding carboxylic acids is 2. The Balaban J connectivity index is 1.79. The monoisotopic (exact) mass is 385 g/mol. The zero-order valence-electron chi connectivity index (χ0n) is 14.7. The lowest BCUT2D eigenvalue weighted by atomic mass is 9.95. The Bertz CT molecular complexity index is 614. The van der Waals surface area contributed by atoms with E-state index in [0.29, 0.717) is 48.1 Å². The molecule has 0 unspecified atom stereocenters. The summed E-state index contributed by atoms with van der Waals surface area (Å²) in [5.74, 6) is 0.0148. The lowest BCUT2D eigenvalue weighted by molar-refractivity contribution is -0.126. The Morgan fingerprint density at radius 3 is 2.48 bits per heavy atom. The fourth-order valence-electron chi connectivity index (χ4n) is 2.91. The first-order valence-corrected chi connectivity index (χ1v) is 9.31. The molecule has 0 aliphatic carbocycles. The normalized spacial score (nSPS) is 15.5. The molecule has 1 aromatic carbocycles. The molecule has 1 fully saturated rings. The van der Waals surface area contributed by atoms with Gasteiger partial charge in [0.25, 0.3) is 5.91 Å². The van der Waals surface area contributed by atoms with E-state index in [1.807, 2.05) is 14.1 Å². The molecular weight excluding hydrogens is 361 g/mol. The van der Waals surface area contributed by atoms with Crippen molar-refractivity contribution >= 4 is 35.0 Å². The van der Waals surface area contributed by atoms with Crippen molar-refractivity contribution in [3.05, 3.63) is 33.8 Å². The van der Waals surface area contributed by atoms with Crippen molar-refractivity contribution in [2.24, 2.45) is 5.92 Å². The zero-order valence-corrected chi connectivity index (χ0v) is 16.2. The van der Waals surface area contributed by atoms with Crippen LogP contribution in [0.3, 0.4) is 0 Å². The van der Waals surface area contributed by atoms with Crippen LogP contribution in [0.25, 0.3) is 0 Å². The standard InChI is InChI=1S/C18H25Cl2N3O2/c1-22(2)9-3-8-21-17(24)13-6-10-23(11-7-13)18(25)14-4-5-15(19)16(20)12-14/h4-5,12-13H,3,6-11H2,1-2H3,(H,21,24). The minimum atomic E-state index is -0.0663. The van der Waals surface area contributed by atoms with Crippen LogP contribution < -0.4 is 5.32 Å². The predicted octanol–water partition coefficient (Wildman–Crippen LogP) is 2.91. The van der Waals surface area contributed by atoms with Crippen LogP contribution in [0.5, 0.6) is 0 Å². The summed E-state index contributed by atoms with van der Waals surface area (Å²) in [6.07, 6.45) is 2.31. The maximum Gasteiger partial charge on any atom is 0.253 e. The minimum Gasteiger partial charge on any atom is -0.356 e. The highest BCUT2D eigenvalue weighted by atomic mass is 35.5. The van der Waals surface area contributed by atoms with Crippen LogP contribution in [0, 0.1) is 5.92 Å². The van der Waals surface area contributed by atoms with Gasteiger partial charge in [0.1, 0.15) is 0 Å². The Labute approximate surface area is 159 Å². The molecule has 1 aromatic rings. The van der Waals surface area contributed by atoms with Gasteiger partial charge in [-0.15, -0.1) is 0 Å². The summed E-state index contributed by atoms with van der Waals surface area (Å²) < 4.78 is 0. The molecule has 138 valence electrons. The van der Waals surface area contributed by atoms with Crippen LogP contribution in [0.4, 0.5) is 0 Å². The molecule has 1 aliphatic rings. The Kier molecular flexibility index (Phi) is 7.54. The molecule has 1 aliphatic heterocycles.